The average molecular weight is 284 g/mol. The van der Waals surface area contributed by atoms with Gasteiger partial charge in [0, 0.05) is 12.1 Å². The van der Waals surface area contributed by atoms with Crippen LogP contribution in [0.25, 0.3) is 0 Å². The number of carbonyl (C=O) groups excluding carboxylic acids is 1. The van der Waals surface area contributed by atoms with E-state index in [1.54, 1.807) is 12.1 Å². The molecule has 0 saturated heterocycles. The fourth-order valence-corrected chi connectivity index (χ4v) is 2.60. The molecule has 0 aliphatic carbocycles. The van der Waals surface area contributed by atoms with E-state index in [1.807, 2.05) is 31.2 Å². The summed E-state index contributed by atoms with van der Waals surface area (Å²) in [5.74, 6) is -0.312. The molecule has 1 heterocycles. The van der Waals surface area contributed by atoms with Gasteiger partial charge in [0.2, 0.25) is 5.91 Å². The van der Waals surface area contributed by atoms with Gasteiger partial charge in [0.1, 0.15) is 11.9 Å². The summed E-state index contributed by atoms with van der Waals surface area (Å²) in [4.78, 5) is 12.3. The largest absolute Gasteiger partial charge is 0.373 e. The summed E-state index contributed by atoms with van der Waals surface area (Å²) in [6.45, 7) is 1.90. The highest BCUT2D eigenvalue weighted by molar-refractivity contribution is 5.87. The van der Waals surface area contributed by atoms with Gasteiger partial charge in [-0.15, -0.1) is 0 Å². The van der Waals surface area contributed by atoms with Gasteiger partial charge >= 0.3 is 0 Å². The standard InChI is InChI=1S/C17H17FN2O/c1-11(12-6-8-14(18)9-7-12)19-17(21)16-10-13-4-2-3-5-15(13)20-16/h2-9,11,16,20H,10H2,1H3,(H,19,21). The Hall–Kier alpha value is -2.36. The summed E-state index contributed by atoms with van der Waals surface area (Å²) in [6.07, 6.45) is 0.693. The van der Waals surface area contributed by atoms with Crippen molar-refractivity contribution < 1.29 is 9.18 Å². The zero-order chi connectivity index (χ0) is 14.8. The van der Waals surface area contributed by atoms with Crippen LogP contribution in [-0.4, -0.2) is 11.9 Å². The molecule has 0 radical (unpaired) electrons. The number of halogens is 1. The van der Waals surface area contributed by atoms with Crippen LogP contribution in [0.15, 0.2) is 48.5 Å². The van der Waals surface area contributed by atoms with Gasteiger partial charge in [-0.05, 0) is 36.2 Å². The van der Waals surface area contributed by atoms with Crippen LogP contribution in [0.4, 0.5) is 10.1 Å². The first kappa shape index (κ1) is 13.6. The first-order chi connectivity index (χ1) is 10.1. The van der Waals surface area contributed by atoms with E-state index >= 15 is 0 Å². The minimum atomic E-state index is -0.273. The number of benzene rings is 2. The highest BCUT2D eigenvalue weighted by Gasteiger charge is 2.27. The molecule has 0 saturated carbocycles. The maximum absolute atomic E-state index is 12.9. The second-order valence-electron chi connectivity index (χ2n) is 5.34. The first-order valence-corrected chi connectivity index (χ1v) is 7.04. The summed E-state index contributed by atoms with van der Waals surface area (Å²) in [7, 11) is 0. The van der Waals surface area contributed by atoms with Crippen LogP contribution in [0.5, 0.6) is 0 Å². The van der Waals surface area contributed by atoms with Crippen molar-refractivity contribution in [2.24, 2.45) is 0 Å². The molecule has 2 N–H and O–H groups in total. The highest BCUT2D eigenvalue weighted by Crippen LogP contribution is 2.25. The Balaban J connectivity index is 1.64. The fraction of sp³-hybridized carbons (Fsp3) is 0.235. The average Bonchev–Trinajstić information content (AvgIpc) is 2.92. The number of carbonyl (C=O) groups is 1. The van der Waals surface area contributed by atoms with Crippen LogP contribution in [0.3, 0.4) is 0 Å². The molecular formula is C17H17FN2O. The van der Waals surface area contributed by atoms with Crippen LogP contribution >= 0.6 is 0 Å². The van der Waals surface area contributed by atoms with Gasteiger partial charge in [-0.3, -0.25) is 4.79 Å². The lowest BCUT2D eigenvalue weighted by molar-refractivity contribution is -0.122. The lowest BCUT2D eigenvalue weighted by Crippen LogP contribution is -2.39. The normalized spacial score (nSPS) is 17.7. The zero-order valence-electron chi connectivity index (χ0n) is 11.8. The topological polar surface area (TPSA) is 41.1 Å². The maximum Gasteiger partial charge on any atom is 0.243 e. The summed E-state index contributed by atoms with van der Waals surface area (Å²) in [5, 5.41) is 6.20. The van der Waals surface area contributed by atoms with Crippen molar-refractivity contribution in [1.82, 2.24) is 5.32 Å². The molecule has 0 spiro atoms. The molecule has 1 aliphatic heterocycles. The molecule has 2 aromatic carbocycles. The molecule has 0 bridgehead atoms. The number of amides is 1. The highest BCUT2D eigenvalue weighted by atomic mass is 19.1. The molecule has 21 heavy (non-hydrogen) atoms. The van der Waals surface area contributed by atoms with Crippen molar-refractivity contribution >= 4 is 11.6 Å². The summed E-state index contributed by atoms with van der Waals surface area (Å²) in [6, 6.07) is 13.7. The predicted octanol–water partition coefficient (Wildman–Crippen LogP) is 3.04. The van der Waals surface area contributed by atoms with Crippen LogP contribution in [0.2, 0.25) is 0 Å². The molecule has 0 fully saturated rings. The molecule has 1 aliphatic rings. The molecule has 108 valence electrons. The SMILES string of the molecule is CC(NC(=O)C1Cc2ccccc2N1)c1ccc(F)cc1. The lowest BCUT2D eigenvalue weighted by Gasteiger charge is -2.18. The van der Waals surface area contributed by atoms with Gasteiger partial charge < -0.3 is 10.6 Å². The molecular weight excluding hydrogens is 267 g/mol. The summed E-state index contributed by atoms with van der Waals surface area (Å²) >= 11 is 0. The van der Waals surface area contributed by atoms with Crippen LogP contribution < -0.4 is 10.6 Å². The van der Waals surface area contributed by atoms with Gasteiger partial charge in [-0.25, -0.2) is 4.39 Å². The maximum atomic E-state index is 12.9. The van der Waals surface area contributed by atoms with E-state index < -0.39 is 0 Å². The zero-order valence-corrected chi connectivity index (χ0v) is 11.8. The Morgan fingerprint density at radius 1 is 1.24 bits per heavy atom. The van der Waals surface area contributed by atoms with E-state index in [-0.39, 0.29) is 23.8 Å². The number of rotatable bonds is 3. The monoisotopic (exact) mass is 284 g/mol. The Morgan fingerprint density at radius 2 is 1.95 bits per heavy atom. The number of para-hydroxylation sites is 1. The van der Waals surface area contributed by atoms with E-state index in [0.717, 1.165) is 16.8 Å². The molecule has 0 aromatic heterocycles. The third kappa shape index (κ3) is 2.89. The van der Waals surface area contributed by atoms with Crippen molar-refractivity contribution in [2.45, 2.75) is 25.4 Å². The minimum absolute atomic E-state index is 0.0389. The Morgan fingerprint density at radius 3 is 2.67 bits per heavy atom. The molecule has 2 unspecified atom stereocenters. The van der Waals surface area contributed by atoms with Gasteiger partial charge in [0.25, 0.3) is 0 Å². The quantitative estimate of drug-likeness (QED) is 0.909. The van der Waals surface area contributed by atoms with Crippen LogP contribution in [0.1, 0.15) is 24.1 Å². The van der Waals surface area contributed by atoms with Gasteiger partial charge in [-0.1, -0.05) is 30.3 Å². The van der Waals surface area contributed by atoms with Crippen molar-refractivity contribution in [2.75, 3.05) is 5.32 Å². The van der Waals surface area contributed by atoms with Crippen molar-refractivity contribution in [1.29, 1.82) is 0 Å². The number of nitrogens with one attached hydrogen (secondary N) is 2. The lowest BCUT2D eigenvalue weighted by atomic mass is 10.1. The third-order valence-corrected chi connectivity index (χ3v) is 3.82. The van der Waals surface area contributed by atoms with E-state index in [2.05, 4.69) is 10.6 Å². The second kappa shape index (κ2) is 5.56. The van der Waals surface area contributed by atoms with Gasteiger partial charge in [0.05, 0.1) is 6.04 Å². The third-order valence-electron chi connectivity index (χ3n) is 3.82. The molecule has 2 atom stereocenters. The Bertz CT molecular complexity index is 629. The number of hydrogen-bond acceptors (Lipinski definition) is 2. The van der Waals surface area contributed by atoms with E-state index in [1.165, 1.54) is 12.1 Å². The molecule has 2 aromatic rings. The summed E-state index contributed by atoms with van der Waals surface area (Å²) in [5.41, 5.74) is 3.07. The van der Waals surface area contributed by atoms with Crippen molar-refractivity contribution in [3.63, 3.8) is 0 Å². The first-order valence-electron chi connectivity index (χ1n) is 7.04. The van der Waals surface area contributed by atoms with Gasteiger partial charge in [-0.2, -0.15) is 0 Å². The van der Waals surface area contributed by atoms with Gasteiger partial charge in [0.15, 0.2) is 0 Å². The second-order valence-corrected chi connectivity index (χ2v) is 5.34. The minimum Gasteiger partial charge on any atom is -0.373 e. The Kier molecular flexibility index (Phi) is 3.60. The summed E-state index contributed by atoms with van der Waals surface area (Å²) < 4.78 is 12.9. The number of anilines is 1. The van der Waals surface area contributed by atoms with Crippen molar-refractivity contribution in [3.05, 3.63) is 65.5 Å². The predicted molar refractivity (Wildman–Crippen MR) is 80.5 cm³/mol. The van der Waals surface area contributed by atoms with E-state index in [9.17, 15) is 9.18 Å². The number of fused-ring (bicyclic) bond motifs is 1. The smallest absolute Gasteiger partial charge is 0.243 e. The van der Waals surface area contributed by atoms with E-state index in [0.29, 0.717) is 6.42 Å². The van der Waals surface area contributed by atoms with Crippen LogP contribution in [0, 0.1) is 5.82 Å². The van der Waals surface area contributed by atoms with Crippen LogP contribution in [-0.2, 0) is 11.2 Å². The Labute approximate surface area is 123 Å². The molecule has 3 rings (SSSR count). The fourth-order valence-electron chi connectivity index (χ4n) is 2.60. The number of hydrogen-bond donors (Lipinski definition) is 2. The molecule has 4 heteroatoms. The molecule has 3 nitrogen and oxygen atoms in total. The van der Waals surface area contributed by atoms with Crippen molar-refractivity contribution in [3.8, 4) is 0 Å². The van der Waals surface area contributed by atoms with E-state index in [4.69, 9.17) is 0 Å². The molecule has 1 amide bonds.